The summed E-state index contributed by atoms with van der Waals surface area (Å²) in [4.78, 5) is 12.4. The predicted octanol–water partition coefficient (Wildman–Crippen LogP) is 1.68. The Labute approximate surface area is 142 Å². The lowest BCUT2D eigenvalue weighted by Gasteiger charge is -2.38. The Bertz CT molecular complexity index is 762. The molecule has 3 rings (SSSR count). The number of hydrogen-bond acceptors (Lipinski definition) is 4. The number of methoxy groups -OCH3 is 1. The maximum Gasteiger partial charge on any atom is 0.247 e. The average Bonchev–Trinajstić information content (AvgIpc) is 2.96. The second kappa shape index (κ2) is 6.57. The lowest BCUT2D eigenvalue weighted by Crippen LogP contribution is -2.60. The third-order valence-corrected chi connectivity index (χ3v) is 6.49. The largest absolute Gasteiger partial charge is 0.497 e. The van der Waals surface area contributed by atoms with Gasteiger partial charge in [0.15, 0.2) is 0 Å². The predicted molar refractivity (Wildman–Crippen MR) is 90.2 cm³/mol. The molecule has 0 saturated carbocycles. The summed E-state index contributed by atoms with van der Waals surface area (Å²) in [5, 5.41) is 2.94. The van der Waals surface area contributed by atoms with Crippen LogP contribution in [0.1, 0.15) is 26.2 Å². The molecule has 0 atom stereocenters. The number of nitrogens with one attached hydrogen (secondary N) is 1. The number of amides is 1. The van der Waals surface area contributed by atoms with Crippen LogP contribution in [0.15, 0.2) is 40.3 Å². The summed E-state index contributed by atoms with van der Waals surface area (Å²) >= 11 is 0. The molecule has 7 heteroatoms. The van der Waals surface area contributed by atoms with Crippen molar-refractivity contribution in [2.24, 2.45) is 0 Å². The molecule has 0 radical (unpaired) electrons. The highest BCUT2D eigenvalue weighted by Crippen LogP contribution is 2.27. The monoisotopic (exact) mass is 350 g/mol. The van der Waals surface area contributed by atoms with Gasteiger partial charge in [0.05, 0.1) is 18.0 Å². The zero-order valence-electron chi connectivity index (χ0n) is 13.9. The Hall–Kier alpha value is -1.86. The SMILES string of the molecule is COc1ccc(S(=O)(=O)N2CC(NC(=O)C3=C(C)CCC3)C2)cc1. The molecule has 1 aromatic rings. The van der Waals surface area contributed by atoms with Crippen molar-refractivity contribution in [1.82, 2.24) is 9.62 Å². The van der Waals surface area contributed by atoms with Crippen LogP contribution in [0.2, 0.25) is 0 Å². The maximum absolute atomic E-state index is 12.5. The maximum atomic E-state index is 12.5. The molecule has 1 aliphatic heterocycles. The molecular formula is C17H22N2O4S. The van der Waals surface area contributed by atoms with Gasteiger partial charge in [0, 0.05) is 18.7 Å². The van der Waals surface area contributed by atoms with Gasteiger partial charge in [0.1, 0.15) is 5.75 Å². The molecule has 0 spiro atoms. The van der Waals surface area contributed by atoms with Gasteiger partial charge in [0.2, 0.25) is 15.9 Å². The number of rotatable bonds is 5. The van der Waals surface area contributed by atoms with Crippen LogP contribution in [0.25, 0.3) is 0 Å². The lowest BCUT2D eigenvalue weighted by atomic mass is 10.1. The molecule has 6 nitrogen and oxygen atoms in total. The Balaban J connectivity index is 1.59. The topological polar surface area (TPSA) is 75.7 Å². The fourth-order valence-electron chi connectivity index (χ4n) is 3.10. The van der Waals surface area contributed by atoms with Crippen molar-refractivity contribution in [3.05, 3.63) is 35.4 Å². The van der Waals surface area contributed by atoms with Gasteiger partial charge in [-0.05, 0) is 50.5 Å². The number of carbonyl (C=O) groups is 1. The molecule has 1 N–H and O–H groups in total. The molecule has 130 valence electrons. The third kappa shape index (κ3) is 3.18. The molecule has 0 unspecified atom stereocenters. The zero-order chi connectivity index (χ0) is 17.3. The quantitative estimate of drug-likeness (QED) is 0.877. The van der Waals surface area contributed by atoms with Crippen LogP contribution >= 0.6 is 0 Å². The molecular weight excluding hydrogens is 328 g/mol. The van der Waals surface area contributed by atoms with Crippen LogP contribution in [0.3, 0.4) is 0 Å². The van der Waals surface area contributed by atoms with Crippen molar-refractivity contribution in [1.29, 1.82) is 0 Å². The van der Waals surface area contributed by atoms with Crippen LogP contribution < -0.4 is 10.1 Å². The fourth-order valence-corrected chi connectivity index (χ4v) is 4.63. The second-order valence-corrected chi connectivity index (χ2v) is 8.22. The molecule has 1 aliphatic carbocycles. The number of hydrogen-bond donors (Lipinski definition) is 1. The van der Waals surface area contributed by atoms with Gasteiger partial charge in [-0.25, -0.2) is 8.42 Å². The van der Waals surface area contributed by atoms with E-state index >= 15 is 0 Å². The van der Waals surface area contributed by atoms with Gasteiger partial charge in [-0.3, -0.25) is 4.79 Å². The van der Waals surface area contributed by atoms with E-state index in [-0.39, 0.29) is 16.8 Å². The first-order valence-corrected chi connectivity index (χ1v) is 9.49. The van der Waals surface area contributed by atoms with Crippen molar-refractivity contribution < 1.29 is 17.9 Å². The van der Waals surface area contributed by atoms with E-state index in [9.17, 15) is 13.2 Å². The van der Waals surface area contributed by atoms with Crippen LogP contribution in [0, 0.1) is 0 Å². The van der Waals surface area contributed by atoms with E-state index in [2.05, 4.69) is 5.32 Å². The molecule has 1 fully saturated rings. The Morgan fingerprint density at radius 3 is 2.42 bits per heavy atom. The fraction of sp³-hybridized carbons (Fsp3) is 0.471. The van der Waals surface area contributed by atoms with E-state index in [0.29, 0.717) is 18.8 Å². The number of ether oxygens (including phenoxy) is 1. The van der Waals surface area contributed by atoms with E-state index < -0.39 is 10.0 Å². The second-order valence-electron chi connectivity index (χ2n) is 6.28. The first-order valence-electron chi connectivity index (χ1n) is 8.05. The highest BCUT2D eigenvalue weighted by molar-refractivity contribution is 7.89. The zero-order valence-corrected chi connectivity index (χ0v) is 14.7. The molecule has 1 aromatic carbocycles. The summed E-state index contributed by atoms with van der Waals surface area (Å²) in [6.07, 6.45) is 2.82. The van der Waals surface area contributed by atoms with Crippen LogP contribution in [0.4, 0.5) is 0 Å². The van der Waals surface area contributed by atoms with Gasteiger partial charge in [-0.15, -0.1) is 0 Å². The summed E-state index contributed by atoms with van der Waals surface area (Å²) in [7, 11) is -1.98. The van der Waals surface area contributed by atoms with Crippen molar-refractivity contribution in [3.63, 3.8) is 0 Å². The number of allylic oxidation sites excluding steroid dienone is 1. The third-order valence-electron chi connectivity index (χ3n) is 4.65. The Morgan fingerprint density at radius 1 is 1.21 bits per heavy atom. The van der Waals surface area contributed by atoms with Gasteiger partial charge >= 0.3 is 0 Å². The van der Waals surface area contributed by atoms with Gasteiger partial charge in [0.25, 0.3) is 0 Å². The first-order chi connectivity index (χ1) is 11.4. The molecule has 1 saturated heterocycles. The van der Waals surface area contributed by atoms with Crippen LogP contribution in [-0.4, -0.2) is 44.9 Å². The minimum atomic E-state index is -3.51. The smallest absolute Gasteiger partial charge is 0.247 e. The van der Waals surface area contributed by atoms with Crippen LogP contribution in [0.5, 0.6) is 5.75 Å². The van der Waals surface area contributed by atoms with E-state index in [1.54, 1.807) is 12.1 Å². The normalized spacial score (nSPS) is 19.2. The summed E-state index contributed by atoms with van der Waals surface area (Å²) in [6, 6.07) is 6.20. The Morgan fingerprint density at radius 2 is 1.88 bits per heavy atom. The summed E-state index contributed by atoms with van der Waals surface area (Å²) in [5.41, 5.74) is 2.01. The van der Waals surface area contributed by atoms with Gasteiger partial charge in [-0.1, -0.05) is 5.57 Å². The van der Waals surface area contributed by atoms with E-state index in [4.69, 9.17) is 4.74 Å². The Kier molecular flexibility index (Phi) is 4.64. The highest BCUT2D eigenvalue weighted by atomic mass is 32.2. The number of carbonyl (C=O) groups excluding carboxylic acids is 1. The lowest BCUT2D eigenvalue weighted by molar-refractivity contribution is -0.119. The summed E-state index contributed by atoms with van der Waals surface area (Å²) < 4.78 is 31.5. The van der Waals surface area contributed by atoms with E-state index in [1.807, 2.05) is 6.92 Å². The van der Waals surface area contributed by atoms with E-state index in [0.717, 1.165) is 30.4 Å². The number of benzene rings is 1. The van der Waals surface area contributed by atoms with Gasteiger partial charge in [-0.2, -0.15) is 4.31 Å². The van der Waals surface area contributed by atoms with Gasteiger partial charge < -0.3 is 10.1 Å². The van der Waals surface area contributed by atoms with Crippen molar-refractivity contribution in [3.8, 4) is 5.75 Å². The number of sulfonamides is 1. The minimum absolute atomic E-state index is 0.0449. The highest BCUT2D eigenvalue weighted by Gasteiger charge is 2.38. The molecule has 1 amide bonds. The molecule has 24 heavy (non-hydrogen) atoms. The number of nitrogens with zero attached hydrogens (tertiary/aromatic N) is 1. The molecule has 0 bridgehead atoms. The molecule has 1 heterocycles. The standard InChI is InChI=1S/C17H22N2O4S/c1-12-4-3-5-16(12)17(20)18-13-10-19(11-13)24(21,22)15-8-6-14(23-2)7-9-15/h6-9,13H,3-5,10-11H2,1-2H3,(H,18,20). The van der Waals surface area contributed by atoms with Crippen molar-refractivity contribution in [2.75, 3.05) is 20.2 Å². The van der Waals surface area contributed by atoms with Crippen molar-refractivity contribution in [2.45, 2.75) is 37.1 Å². The average molecular weight is 350 g/mol. The van der Waals surface area contributed by atoms with Crippen LogP contribution in [-0.2, 0) is 14.8 Å². The first kappa shape index (κ1) is 17.0. The summed E-state index contributed by atoms with van der Waals surface area (Å²) in [5.74, 6) is 0.569. The van der Waals surface area contributed by atoms with E-state index in [1.165, 1.54) is 23.5 Å². The summed E-state index contributed by atoms with van der Waals surface area (Å²) in [6.45, 7) is 2.61. The molecule has 2 aliphatic rings. The minimum Gasteiger partial charge on any atom is -0.497 e. The molecule has 0 aromatic heterocycles. The van der Waals surface area contributed by atoms with Crippen molar-refractivity contribution >= 4 is 15.9 Å².